The van der Waals surface area contributed by atoms with Crippen LogP contribution < -0.4 is 5.32 Å². The Hall–Kier alpha value is -2.21. The van der Waals surface area contributed by atoms with Crippen LogP contribution in [0.15, 0.2) is 30.7 Å². The second-order valence-corrected chi connectivity index (χ2v) is 4.61. The van der Waals surface area contributed by atoms with Gasteiger partial charge >= 0.3 is 5.97 Å². The van der Waals surface area contributed by atoms with Crippen molar-refractivity contribution in [3.05, 3.63) is 42.0 Å². The van der Waals surface area contributed by atoms with E-state index in [2.05, 4.69) is 29.2 Å². The molecule has 1 atom stereocenters. The lowest BCUT2D eigenvalue weighted by atomic mass is 10.2. The molecule has 0 aliphatic carbocycles. The molecule has 0 bridgehead atoms. The maximum atomic E-state index is 11.6. The highest BCUT2D eigenvalue weighted by atomic mass is 16.5. The number of hydrogen-bond acceptors (Lipinski definition) is 5. The zero-order valence-electron chi connectivity index (χ0n) is 12.5. The zero-order valence-corrected chi connectivity index (χ0v) is 12.5. The predicted molar refractivity (Wildman–Crippen MR) is 79.4 cm³/mol. The van der Waals surface area contributed by atoms with Gasteiger partial charge in [-0.25, -0.2) is 9.48 Å². The number of esters is 1. The number of aromatic nitrogens is 3. The van der Waals surface area contributed by atoms with E-state index >= 15 is 0 Å². The summed E-state index contributed by atoms with van der Waals surface area (Å²) in [6.07, 6.45) is 4.88. The van der Waals surface area contributed by atoms with Gasteiger partial charge in [-0.05, 0) is 32.5 Å². The molecule has 0 aliphatic heterocycles. The summed E-state index contributed by atoms with van der Waals surface area (Å²) in [4.78, 5) is 16.0. The van der Waals surface area contributed by atoms with E-state index in [1.807, 2.05) is 12.1 Å². The Morgan fingerprint density at radius 3 is 2.81 bits per heavy atom. The minimum absolute atomic E-state index is 0.205. The van der Waals surface area contributed by atoms with Gasteiger partial charge in [0.25, 0.3) is 0 Å². The largest absolute Gasteiger partial charge is 0.462 e. The molecule has 0 saturated heterocycles. The van der Waals surface area contributed by atoms with Crippen molar-refractivity contribution < 1.29 is 9.53 Å². The number of carbonyl (C=O) groups excluding carboxylic acids is 1. The minimum atomic E-state index is -0.367. The molecule has 2 rings (SSSR count). The molecule has 0 aliphatic rings. The SMILES string of the molecule is CCNC(C)c1ccc(-n2cc(C(=O)OCC)cn2)cn1. The first-order valence-electron chi connectivity index (χ1n) is 7.07. The molecule has 0 saturated carbocycles. The third-order valence-electron chi connectivity index (χ3n) is 3.08. The fourth-order valence-corrected chi connectivity index (χ4v) is 1.98. The summed E-state index contributed by atoms with van der Waals surface area (Å²) in [6.45, 7) is 7.15. The monoisotopic (exact) mass is 288 g/mol. The molecule has 0 aromatic carbocycles. The summed E-state index contributed by atoms with van der Waals surface area (Å²) in [5, 5.41) is 7.47. The number of pyridine rings is 1. The van der Waals surface area contributed by atoms with Crippen LogP contribution in [0.3, 0.4) is 0 Å². The molecule has 0 spiro atoms. The van der Waals surface area contributed by atoms with E-state index < -0.39 is 0 Å². The summed E-state index contributed by atoms with van der Waals surface area (Å²) in [7, 11) is 0. The molecule has 6 nitrogen and oxygen atoms in total. The maximum Gasteiger partial charge on any atom is 0.341 e. The van der Waals surface area contributed by atoms with Crippen molar-refractivity contribution in [1.82, 2.24) is 20.1 Å². The number of hydrogen-bond donors (Lipinski definition) is 1. The van der Waals surface area contributed by atoms with Crippen LogP contribution in [0.1, 0.15) is 42.9 Å². The first kappa shape index (κ1) is 15.2. The number of ether oxygens (including phenoxy) is 1. The van der Waals surface area contributed by atoms with Crippen molar-refractivity contribution in [2.24, 2.45) is 0 Å². The number of nitrogens with one attached hydrogen (secondary N) is 1. The second-order valence-electron chi connectivity index (χ2n) is 4.61. The van der Waals surface area contributed by atoms with Gasteiger partial charge < -0.3 is 10.1 Å². The van der Waals surface area contributed by atoms with E-state index in [1.54, 1.807) is 24.0 Å². The number of nitrogens with zero attached hydrogens (tertiary/aromatic N) is 3. The Labute approximate surface area is 124 Å². The van der Waals surface area contributed by atoms with Crippen LogP contribution in [0.4, 0.5) is 0 Å². The van der Waals surface area contributed by atoms with E-state index in [1.165, 1.54) is 6.20 Å². The minimum Gasteiger partial charge on any atom is -0.462 e. The van der Waals surface area contributed by atoms with Crippen molar-refractivity contribution in [1.29, 1.82) is 0 Å². The standard InChI is InChI=1S/C15H20N4O2/c1-4-16-11(3)14-7-6-13(9-17-14)19-10-12(8-18-19)15(20)21-5-2/h6-11,16H,4-5H2,1-3H3. The van der Waals surface area contributed by atoms with E-state index in [0.29, 0.717) is 12.2 Å². The van der Waals surface area contributed by atoms with Gasteiger partial charge in [-0.15, -0.1) is 0 Å². The predicted octanol–water partition coefficient (Wildman–Crippen LogP) is 2.11. The third-order valence-corrected chi connectivity index (χ3v) is 3.08. The topological polar surface area (TPSA) is 69.0 Å². The Morgan fingerprint density at radius 2 is 2.19 bits per heavy atom. The summed E-state index contributed by atoms with van der Waals surface area (Å²) in [6, 6.07) is 4.09. The lowest BCUT2D eigenvalue weighted by Crippen LogP contribution is -2.18. The Kier molecular flexibility index (Phi) is 5.05. The van der Waals surface area contributed by atoms with Crippen LogP contribution in [0.5, 0.6) is 0 Å². The highest BCUT2D eigenvalue weighted by Crippen LogP contribution is 2.13. The van der Waals surface area contributed by atoms with Crippen LogP contribution >= 0.6 is 0 Å². The van der Waals surface area contributed by atoms with E-state index in [4.69, 9.17) is 4.74 Å². The second kappa shape index (κ2) is 6.99. The van der Waals surface area contributed by atoms with Crippen molar-refractivity contribution in [3.8, 4) is 5.69 Å². The molecule has 0 fully saturated rings. The lowest BCUT2D eigenvalue weighted by Gasteiger charge is -2.11. The summed E-state index contributed by atoms with van der Waals surface area (Å²) >= 11 is 0. The average Bonchev–Trinajstić information content (AvgIpc) is 2.98. The van der Waals surface area contributed by atoms with Crippen LogP contribution in [0.2, 0.25) is 0 Å². The molecule has 0 amide bonds. The van der Waals surface area contributed by atoms with Gasteiger partial charge in [0.15, 0.2) is 0 Å². The Morgan fingerprint density at radius 1 is 1.38 bits per heavy atom. The van der Waals surface area contributed by atoms with Gasteiger partial charge in [0, 0.05) is 12.2 Å². The molecular weight excluding hydrogens is 268 g/mol. The number of rotatable bonds is 6. The average molecular weight is 288 g/mol. The molecular formula is C15H20N4O2. The summed E-state index contributed by atoms with van der Waals surface area (Å²) < 4.78 is 6.55. The highest BCUT2D eigenvalue weighted by molar-refractivity contribution is 5.88. The first-order chi connectivity index (χ1) is 10.2. The van der Waals surface area contributed by atoms with Gasteiger partial charge in [-0.1, -0.05) is 6.92 Å². The third kappa shape index (κ3) is 3.66. The highest BCUT2D eigenvalue weighted by Gasteiger charge is 2.11. The maximum absolute atomic E-state index is 11.6. The molecule has 2 aromatic rings. The van der Waals surface area contributed by atoms with Crippen LogP contribution in [-0.4, -0.2) is 33.9 Å². The molecule has 2 aromatic heterocycles. The smallest absolute Gasteiger partial charge is 0.341 e. The molecule has 1 N–H and O–H groups in total. The fourth-order valence-electron chi connectivity index (χ4n) is 1.98. The number of carbonyl (C=O) groups is 1. The van der Waals surface area contributed by atoms with Gasteiger partial charge in [-0.3, -0.25) is 4.98 Å². The molecule has 21 heavy (non-hydrogen) atoms. The van der Waals surface area contributed by atoms with Gasteiger partial charge in [0.2, 0.25) is 0 Å². The van der Waals surface area contributed by atoms with Crippen molar-refractivity contribution in [3.63, 3.8) is 0 Å². The van der Waals surface area contributed by atoms with E-state index in [0.717, 1.165) is 17.9 Å². The van der Waals surface area contributed by atoms with Crippen molar-refractivity contribution >= 4 is 5.97 Å². The molecule has 1 unspecified atom stereocenters. The summed E-state index contributed by atoms with van der Waals surface area (Å²) in [5.74, 6) is -0.367. The van der Waals surface area contributed by atoms with Crippen molar-refractivity contribution in [2.45, 2.75) is 26.8 Å². The molecule has 0 radical (unpaired) electrons. The lowest BCUT2D eigenvalue weighted by molar-refractivity contribution is 0.0526. The van der Waals surface area contributed by atoms with Crippen LogP contribution in [0.25, 0.3) is 5.69 Å². The fraction of sp³-hybridized carbons (Fsp3) is 0.400. The van der Waals surface area contributed by atoms with Crippen molar-refractivity contribution in [2.75, 3.05) is 13.2 Å². The Balaban J connectivity index is 2.14. The van der Waals surface area contributed by atoms with Crippen LogP contribution in [0, 0.1) is 0 Å². The first-order valence-corrected chi connectivity index (χ1v) is 7.07. The van der Waals surface area contributed by atoms with Gasteiger partial charge in [0.05, 0.1) is 35.9 Å². The molecule has 6 heteroatoms. The molecule has 2 heterocycles. The van der Waals surface area contributed by atoms with E-state index in [-0.39, 0.29) is 12.0 Å². The summed E-state index contributed by atoms with van der Waals surface area (Å²) in [5.41, 5.74) is 2.21. The normalized spacial score (nSPS) is 12.1. The Bertz CT molecular complexity index is 592. The van der Waals surface area contributed by atoms with Gasteiger partial charge in [0.1, 0.15) is 0 Å². The van der Waals surface area contributed by atoms with Crippen LogP contribution in [-0.2, 0) is 4.74 Å². The zero-order chi connectivity index (χ0) is 15.2. The van der Waals surface area contributed by atoms with Gasteiger partial charge in [-0.2, -0.15) is 5.10 Å². The van der Waals surface area contributed by atoms with E-state index in [9.17, 15) is 4.79 Å². The quantitative estimate of drug-likeness (QED) is 0.824. The molecule has 112 valence electrons.